The van der Waals surface area contributed by atoms with Crippen LogP contribution in [0, 0.1) is 6.92 Å². The Bertz CT molecular complexity index is 1160. The van der Waals surface area contributed by atoms with E-state index in [1.165, 1.54) is 5.56 Å². The van der Waals surface area contributed by atoms with Crippen LogP contribution in [-0.2, 0) is 31.1 Å². The van der Waals surface area contributed by atoms with Crippen molar-refractivity contribution < 1.29 is 4.79 Å². The molecule has 0 bridgehead atoms. The van der Waals surface area contributed by atoms with Gasteiger partial charge in [0.15, 0.2) is 0 Å². The van der Waals surface area contributed by atoms with Crippen LogP contribution in [-0.4, -0.2) is 15.5 Å². The number of rotatable bonds is 6. The lowest BCUT2D eigenvalue weighted by Crippen LogP contribution is -2.15. The van der Waals surface area contributed by atoms with Crippen LogP contribution in [0.15, 0.2) is 72.8 Å². The fourth-order valence-corrected chi connectivity index (χ4v) is 3.67. The summed E-state index contributed by atoms with van der Waals surface area (Å²) in [5, 5.41) is 3.03. The average Bonchev–Trinajstić information content (AvgIpc) is 3.04. The molecular formula is C25H25N3O. The molecule has 0 aliphatic heterocycles. The van der Waals surface area contributed by atoms with Crippen LogP contribution in [0.25, 0.3) is 11.0 Å². The number of carbonyl (C=O) groups is 1. The van der Waals surface area contributed by atoms with Gasteiger partial charge in [-0.1, -0.05) is 48.5 Å². The minimum absolute atomic E-state index is 0.00630. The summed E-state index contributed by atoms with van der Waals surface area (Å²) >= 11 is 0. The van der Waals surface area contributed by atoms with Crippen molar-refractivity contribution in [2.24, 2.45) is 7.05 Å². The van der Waals surface area contributed by atoms with E-state index < -0.39 is 0 Å². The average molecular weight is 383 g/mol. The van der Waals surface area contributed by atoms with E-state index in [2.05, 4.69) is 35.1 Å². The Morgan fingerprint density at radius 1 is 0.966 bits per heavy atom. The summed E-state index contributed by atoms with van der Waals surface area (Å²) in [5.41, 5.74) is 6.40. The van der Waals surface area contributed by atoms with E-state index in [0.717, 1.165) is 46.5 Å². The summed E-state index contributed by atoms with van der Waals surface area (Å²) in [6.45, 7) is 2.03. The van der Waals surface area contributed by atoms with Gasteiger partial charge in [0.2, 0.25) is 5.91 Å². The number of amides is 1. The fourth-order valence-electron chi connectivity index (χ4n) is 3.67. The van der Waals surface area contributed by atoms with Crippen molar-refractivity contribution in [3.63, 3.8) is 0 Å². The quantitative estimate of drug-likeness (QED) is 0.517. The van der Waals surface area contributed by atoms with Crippen molar-refractivity contribution in [1.82, 2.24) is 9.55 Å². The molecule has 0 fully saturated rings. The van der Waals surface area contributed by atoms with Crippen molar-refractivity contribution in [2.75, 3.05) is 5.32 Å². The third-order valence-corrected chi connectivity index (χ3v) is 5.34. The molecule has 1 amide bonds. The van der Waals surface area contributed by atoms with Gasteiger partial charge in [0.1, 0.15) is 5.82 Å². The molecule has 4 aromatic rings. The fraction of sp³-hybridized carbons (Fsp3) is 0.200. The Morgan fingerprint density at radius 3 is 2.59 bits per heavy atom. The van der Waals surface area contributed by atoms with Crippen molar-refractivity contribution in [2.45, 2.75) is 26.2 Å². The smallest absolute Gasteiger partial charge is 0.228 e. The SMILES string of the molecule is Cc1ccccc1CC(=O)Nc1cccc(CCc2nc3ccccc3n2C)c1. The van der Waals surface area contributed by atoms with Gasteiger partial charge < -0.3 is 9.88 Å². The maximum Gasteiger partial charge on any atom is 0.228 e. The summed E-state index contributed by atoms with van der Waals surface area (Å²) in [4.78, 5) is 17.2. The van der Waals surface area contributed by atoms with Crippen molar-refractivity contribution in [3.05, 3.63) is 95.3 Å². The highest BCUT2D eigenvalue weighted by Gasteiger charge is 2.09. The molecule has 4 heteroatoms. The lowest BCUT2D eigenvalue weighted by atomic mass is 10.1. The highest BCUT2D eigenvalue weighted by molar-refractivity contribution is 5.92. The summed E-state index contributed by atoms with van der Waals surface area (Å²) in [5.74, 6) is 1.08. The van der Waals surface area contributed by atoms with Crippen LogP contribution >= 0.6 is 0 Å². The number of nitrogens with zero attached hydrogens (tertiary/aromatic N) is 2. The molecule has 0 spiro atoms. The third-order valence-electron chi connectivity index (χ3n) is 5.34. The number of anilines is 1. The number of carbonyl (C=O) groups excluding carboxylic acids is 1. The number of fused-ring (bicyclic) bond motifs is 1. The highest BCUT2D eigenvalue weighted by Crippen LogP contribution is 2.18. The summed E-state index contributed by atoms with van der Waals surface area (Å²) in [6.07, 6.45) is 2.11. The summed E-state index contributed by atoms with van der Waals surface area (Å²) in [7, 11) is 2.06. The van der Waals surface area contributed by atoms with E-state index in [1.807, 2.05) is 61.5 Å². The lowest BCUT2D eigenvalue weighted by Gasteiger charge is -2.09. The predicted octanol–water partition coefficient (Wildman–Crippen LogP) is 4.85. The molecule has 0 radical (unpaired) electrons. The number of aryl methyl sites for hydroxylation is 4. The third kappa shape index (κ3) is 4.37. The van der Waals surface area contributed by atoms with Crippen LogP contribution in [0.5, 0.6) is 0 Å². The molecule has 146 valence electrons. The Balaban J connectivity index is 1.41. The molecule has 29 heavy (non-hydrogen) atoms. The first-order valence-electron chi connectivity index (χ1n) is 9.94. The van der Waals surface area contributed by atoms with E-state index in [0.29, 0.717) is 6.42 Å². The Hall–Kier alpha value is -3.40. The standard InChI is InChI=1S/C25H25N3O/c1-18-8-3-4-10-20(18)17-25(29)26-21-11-7-9-19(16-21)14-15-24-27-22-12-5-6-13-23(22)28(24)2/h3-13,16H,14-15,17H2,1-2H3,(H,26,29). The molecule has 0 saturated carbocycles. The lowest BCUT2D eigenvalue weighted by molar-refractivity contribution is -0.115. The molecule has 4 nitrogen and oxygen atoms in total. The number of hydrogen-bond donors (Lipinski definition) is 1. The maximum atomic E-state index is 12.4. The molecule has 0 saturated heterocycles. The zero-order valence-corrected chi connectivity index (χ0v) is 16.9. The monoisotopic (exact) mass is 383 g/mol. The van der Waals surface area contributed by atoms with Gasteiger partial charge in [0.25, 0.3) is 0 Å². The first kappa shape index (κ1) is 18.9. The highest BCUT2D eigenvalue weighted by atomic mass is 16.1. The first-order chi connectivity index (χ1) is 14.1. The van der Waals surface area contributed by atoms with Gasteiger partial charge in [-0.25, -0.2) is 4.98 Å². The maximum absolute atomic E-state index is 12.4. The second-order valence-corrected chi connectivity index (χ2v) is 7.43. The minimum Gasteiger partial charge on any atom is -0.331 e. The molecule has 1 aromatic heterocycles. The topological polar surface area (TPSA) is 46.9 Å². The second kappa shape index (κ2) is 8.31. The van der Waals surface area contributed by atoms with Gasteiger partial charge in [-0.05, 0) is 54.3 Å². The Labute approximate surface area is 171 Å². The minimum atomic E-state index is 0.00630. The van der Waals surface area contributed by atoms with Gasteiger partial charge >= 0.3 is 0 Å². The van der Waals surface area contributed by atoms with Crippen LogP contribution in [0.4, 0.5) is 5.69 Å². The van der Waals surface area contributed by atoms with E-state index in [-0.39, 0.29) is 5.91 Å². The molecule has 3 aromatic carbocycles. The molecule has 1 heterocycles. The van der Waals surface area contributed by atoms with Crippen LogP contribution < -0.4 is 5.32 Å². The van der Waals surface area contributed by atoms with E-state index in [9.17, 15) is 4.79 Å². The molecule has 0 unspecified atom stereocenters. The number of para-hydroxylation sites is 2. The van der Waals surface area contributed by atoms with Crippen molar-refractivity contribution in [1.29, 1.82) is 0 Å². The largest absolute Gasteiger partial charge is 0.331 e. The first-order valence-corrected chi connectivity index (χ1v) is 9.94. The second-order valence-electron chi connectivity index (χ2n) is 7.43. The molecule has 0 atom stereocenters. The van der Waals surface area contributed by atoms with Crippen LogP contribution in [0.3, 0.4) is 0 Å². The van der Waals surface area contributed by atoms with Gasteiger partial charge in [-0.3, -0.25) is 4.79 Å². The van der Waals surface area contributed by atoms with E-state index in [1.54, 1.807) is 0 Å². The molecule has 0 aliphatic rings. The molecule has 4 rings (SSSR count). The molecular weight excluding hydrogens is 358 g/mol. The number of hydrogen-bond acceptors (Lipinski definition) is 2. The van der Waals surface area contributed by atoms with Gasteiger partial charge in [0.05, 0.1) is 17.5 Å². The van der Waals surface area contributed by atoms with Gasteiger partial charge in [0, 0.05) is 19.2 Å². The normalized spacial score (nSPS) is 11.0. The number of benzene rings is 3. The Kier molecular flexibility index (Phi) is 5.43. The van der Waals surface area contributed by atoms with Crippen molar-refractivity contribution >= 4 is 22.6 Å². The molecule has 1 N–H and O–H groups in total. The number of aromatic nitrogens is 2. The van der Waals surface area contributed by atoms with Crippen LogP contribution in [0.2, 0.25) is 0 Å². The van der Waals surface area contributed by atoms with Gasteiger partial charge in [-0.2, -0.15) is 0 Å². The zero-order valence-electron chi connectivity index (χ0n) is 16.9. The van der Waals surface area contributed by atoms with E-state index >= 15 is 0 Å². The molecule has 0 aliphatic carbocycles. The Morgan fingerprint density at radius 2 is 1.76 bits per heavy atom. The number of nitrogens with one attached hydrogen (secondary N) is 1. The van der Waals surface area contributed by atoms with E-state index in [4.69, 9.17) is 4.98 Å². The van der Waals surface area contributed by atoms with Crippen molar-refractivity contribution in [3.8, 4) is 0 Å². The van der Waals surface area contributed by atoms with Gasteiger partial charge in [-0.15, -0.1) is 0 Å². The van der Waals surface area contributed by atoms with Crippen LogP contribution in [0.1, 0.15) is 22.5 Å². The summed E-state index contributed by atoms with van der Waals surface area (Å²) < 4.78 is 2.16. The predicted molar refractivity (Wildman–Crippen MR) is 118 cm³/mol. The zero-order chi connectivity index (χ0) is 20.2. The summed E-state index contributed by atoms with van der Waals surface area (Å²) in [6, 6.07) is 24.3. The number of imidazole rings is 1.